The highest BCUT2D eigenvalue weighted by atomic mass is 32.2. The van der Waals surface area contributed by atoms with Gasteiger partial charge in [-0.15, -0.1) is 11.8 Å². The summed E-state index contributed by atoms with van der Waals surface area (Å²) in [6.07, 6.45) is 1.73. The zero-order valence-electron chi connectivity index (χ0n) is 35.5. The Bertz CT molecular complexity index is 1670. The number of benzene rings is 2. The minimum absolute atomic E-state index is 0.0133. The van der Waals surface area contributed by atoms with E-state index in [4.69, 9.17) is 29.5 Å². The number of amides is 3. The fourth-order valence-electron chi connectivity index (χ4n) is 6.20. The van der Waals surface area contributed by atoms with Gasteiger partial charge in [-0.3, -0.25) is 19.4 Å². The van der Waals surface area contributed by atoms with Crippen LogP contribution in [0.1, 0.15) is 51.0 Å². The van der Waals surface area contributed by atoms with Gasteiger partial charge in [-0.05, 0) is 42.4 Å². The van der Waals surface area contributed by atoms with Gasteiger partial charge >= 0.3 is 5.97 Å². The summed E-state index contributed by atoms with van der Waals surface area (Å²) in [5.41, 5.74) is 3.33. The molecule has 1 saturated heterocycles. The van der Waals surface area contributed by atoms with Gasteiger partial charge in [0.15, 0.2) is 0 Å². The molecule has 3 rings (SSSR count). The van der Waals surface area contributed by atoms with E-state index in [1.54, 1.807) is 0 Å². The molecule has 344 valence electrons. The van der Waals surface area contributed by atoms with E-state index in [0.29, 0.717) is 51.6 Å². The second-order valence-corrected chi connectivity index (χ2v) is 15.7. The quantitative estimate of drug-likeness (QED) is 0.0239. The summed E-state index contributed by atoms with van der Waals surface area (Å²) in [5.74, 6) is 3.48. The molecule has 1 fully saturated rings. The predicted molar refractivity (Wildman–Crippen MR) is 236 cm³/mol. The third-order valence-electron chi connectivity index (χ3n) is 9.54. The normalized spacial score (nSPS) is 18.3. The molecule has 0 aliphatic carbocycles. The summed E-state index contributed by atoms with van der Waals surface area (Å²) >= 11 is 1.01. The number of hydrazone groups is 1. The first-order valence-electron chi connectivity index (χ1n) is 21.0. The van der Waals surface area contributed by atoms with Crippen molar-refractivity contribution in [3.8, 4) is 11.1 Å². The van der Waals surface area contributed by atoms with E-state index >= 15 is 0 Å². The zero-order valence-corrected chi connectivity index (χ0v) is 36.4. The van der Waals surface area contributed by atoms with Crippen LogP contribution in [0, 0.1) is 0 Å². The van der Waals surface area contributed by atoms with Crippen molar-refractivity contribution in [1.29, 1.82) is 0 Å². The smallest absolute Gasteiger partial charge is 0.346 e. The molecule has 8 N–H and O–H groups in total. The Morgan fingerprint density at radius 3 is 2.27 bits per heavy atom. The Morgan fingerprint density at radius 1 is 0.903 bits per heavy atom. The molecule has 3 amide bonds. The minimum Gasteiger partial charge on any atom is -0.478 e. The Balaban J connectivity index is 1.33. The number of ether oxygens (including phenoxy) is 5. The highest BCUT2D eigenvalue weighted by Crippen LogP contribution is 2.40. The molecule has 0 saturated carbocycles. The average molecular weight is 889 g/mol. The van der Waals surface area contributed by atoms with Crippen LogP contribution in [0.25, 0.3) is 11.1 Å². The van der Waals surface area contributed by atoms with E-state index in [-0.39, 0.29) is 76.2 Å². The van der Waals surface area contributed by atoms with E-state index in [1.165, 1.54) is 6.21 Å². The molecule has 0 spiro atoms. The number of aliphatic hydroxyl groups is 2. The number of nitrogens with two attached hydrogens (primary N) is 1. The number of hydrogen-bond donors (Lipinski definition) is 7. The first-order chi connectivity index (χ1) is 30.1. The molecule has 2 aromatic carbocycles. The number of unbranched alkanes of at least 4 members (excludes halogenated alkanes) is 1. The summed E-state index contributed by atoms with van der Waals surface area (Å²) < 4.78 is 28.2. The summed E-state index contributed by atoms with van der Waals surface area (Å²) in [4.78, 5) is 51.6. The fraction of sp³-hybridized carbons (Fsp3) is 0.581. The molecule has 0 bridgehead atoms. The monoisotopic (exact) mass is 888 g/mol. The molecule has 0 unspecified atom stereocenters. The number of rotatable bonds is 32. The summed E-state index contributed by atoms with van der Waals surface area (Å²) in [6.45, 7) is 4.55. The van der Waals surface area contributed by atoms with Crippen LogP contribution in [0.4, 0.5) is 0 Å². The zero-order chi connectivity index (χ0) is 44.8. The number of aliphatic imine (C=N–C) groups is 1. The van der Waals surface area contributed by atoms with Gasteiger partial charge in [0.2, 0.25) is 22.7 Å². The lowest BCUT2D eigenvalue weighted by molar-refractivity contribution is -0.179. The van der Waals surface area contributed by atoms with E-state index in [9.17, 15) is 34.5 Å². The predicted octanol–water partition coefficient (Wildman–Crippen LogP) is 1.69. The number of nitrogens with one attached hydrogen (secondary N) is 3. The standard InChI is InChI=1S/C43H64N6O12S/c1-2-3-17-46-38(52)15-20-57-22-23-58-21-19-45-29-35(49-44)31-60-25-24-59-26-27-62-43(42(55)56)16-13-36(48-40(54)30-50)41(61-43)37(51)14-18-47-39(53)28-32-9-11-34(12-10-32)33-7-5-4-6-8-33/h4-12,29,36-37,41,50-51H,2-3,13-28,30-31,44H2,1H3,(H,46,52)(H,47,53)(H,48,54)(H,55,56)/t36-,37-,41-,43+/m1/s1. The Kier molecular flexibility index (Phi) is 25.6. The van der Waals surface area contributed by atoms with Gasteiger partial charge in [0.25, 0.3) is 0 Å². The van der Waals surface area contributed by atoms with Gasteiger partial charge in [-0.25, -0.2) is 4.79 Å². The van der Waals surface area contributed by atoms with E-state index in [0.717, 1.165) is 41.3 Å². The van der Waals surface area contributed by atoms with Gasteiger partial charge in [0.1, 0.15) is 18.4 Å². The maximum absolute atomic E-state index is 12.7. The van der Waals surface area contributed by atoms with Gasteiger partial charge in [0.05, 0.1) is 78.0 Å². The number of thioether (sulfide) groups is 1. The van der Waals surface area contributed by atoms with Crippen LogP contribution in [0.15, 0.2) is 64.7 Å². The highest BCUT2D eigenvalue weighted by Gasteiger charge is 2.50. The lowest BCUT2D eigenvalue weighted by Crippen LogP contribution is -2.59. The number of carboxylic acids is 1. The highest BCUT2D eigenvalue weighted by molar-refractivity contribution is 8.01. The Hall–Kier alpha value is -4.47. The second-order valence-electron chi connectivity index (χ2n) is 14.3. The summed E-state index contributed by atoms with van der Waals surface area (Å²) in [6, 6.07) is 16.8. The van der Waals surface area contributed by atoms with Crippen LogP contribution in [0.3, 0.4) is 0 Å². The molecule has 0 aromatic heterocycles. The van der Waals surface area contributed by atoms with Gasteiger partial charge in [-0.1, -0.05) is 67.9 Å². The van der Waals surface area contributed by atoms with E-state index in [2.05, 4.69) is 33.0 Å². The second kappa shape index (κ2) is 30.6. The molecule has 18 nitrogen and oxygen atoms in total. The lowest BCUT2D eigenvalue weighted by Gasteiger charge is -2.43. The number of carbonyl (C=O) groups is 4. The van der Waals surface area contributed by atoms with Crippen molar-refractivity contribution in [1.82, 2.24) is 16.0 Å². The topological polar surface area (TPSA) is 262 Å². The summed E-state index contributed by atoms with van der Waals surface area (Å²) in [7, 11) is 0. The third-order valence-corrected chi connectivity index (χ3v) is 10.9. The van der Waals surface area contributed by atoms with Crippen LogP contribution >= 0.6 is 11.8 Å². The number of carbonyl (C=O) groups excluding carboxylic acids is 3. The van der Waals surface area contributed by atoms with Crippen molar-refractivity contribution in [3.63, 3.8) is 0 Å². The molecule has 19 heteroatoms. The molecule has 1 heterocycles. The Labute approximate surface area is 367 Å². The maximum Gasteiger partial charge on any atom is 0.346 e. The number of carboxylic acid groups (broad SMARTS) is 1. The first kappa shape index (κ1) is 51.9. The number of aliphatic carboxylic acids is 1. The van der Waals surface area contributed by atoms with E-state index < -0.39 is 41.7 Å². The molecular weight excluding hydrogens is 825 g/mol. The van der Waals surface area contributed by atoms with E-state index in [1.807, 2.05) is 54.6 Å². The van der Waals surface area contributed by atoms with Gasteiger partial charge < -0.3 is 60.8 Å². The summed E-state index contributed by atoms with van der Waals surface area (Å²) in [5, 5.41) is 42.8. The average Bonchev–Trinajstić information content (AvgIpc) is 3.28. The minimum atomic E-state index is -1.74. The largest absolute Gasteiger partial charge is 0.478 e. The molecule has 0 radical (unpaired) electrons. The van der Waals surface area contributed by atoms with Crippen LogP contribution < -0.4 is 21.8 Å². The molecule has 1 aliphatic rings. The molecule has 1 aliphatic heterocycles. The van der Waals surface area contributed by atoms with Crippen molar-refractivity contribution in [2.45, 2.75) is 75.1 Å². The van der Waals surface area contributed by atoms with Gasteiger partial charge in [0, 0.05) is 31.5 Å². The molecule has 4 atom stereocenters. The van der Waals surface area contributed by atoms with Crippen LogP contribution in [0.5, 0.6) is 0 Å². The lowest BCUT2D eigenvalue weighted by atomic mass is 9.93. The van der Waals surface area contributed by atoms with Crippen molar-refractivity contribution >= 4 is 47.4 Å². The van der Waals surface area contributed by atoms with Crippen molar-refractivity contribution in [3.05, 3.63) is 60.2 Å². The van der Waals surface area contributed by atoms with Crippen LogP contribution in [-0.2, 0) is 49.3 Å². The third kappa shape index (κ3) is 20.1. The molecular formula is C43H64N6O12S. The number of aliphatic hydroxyl groups excluding tert-OH is 2. The molecule has 2 aromatic rings. The van der Waals surface area contributed by atoms with Gasteiger partial charge in [-0.2, -0.15) is 5.10 Å². The number of nitrogens with zero attached hydrogens (tertiary/aromatic N) is 2. The van der Waals surface area contributed by atoms with Crippen molar-refractivity contribution in [2.75, 3.05) is 84.8 Å². The maximum atomic E-state index is 12.7. The first-order valence-corrected chi connectivity index (χ1v) is 22.0. The fourth-order valence-corrected chi connectivity index (χ4v) is 7.30. The van der Waals surface area contributed by atoms with Crippen LogP contribution in [-0.4, -0.2) is 159 Å². The number of hydrogen-bond acceptors (Lipinski definition) is 15. The van der Waals surface area contributed by atoms with Crippen molar-refractivity contribution in [2.24, 2.45) is 15.9 Å². The molecule has 62 heavy (non-hydrogen) atoms. The van der Waals surface area contributed by atoms with Crippen molar-refractivity contribution < 1.29 is 58.2 Å². The Morgan fingerprint density at radius 2 is 1.58 bits per heavy atom. The van der Waals surface area contributed by atoms with Crippen LogP contribution in [0.2, 0.25) is 0 Å². The SMILES string of the molecule is CCCCNC(=O)CCOCCOCCN=CC(COCCOCCS[C@]1(C(=O)O)CC[C@@H](NC(=O)CO)[C@H]([C@H](O)CCNC(=O)Cc2ccc(-c3ccccc3)cc2)O1)=NN.